The van der Waals surface area contributed by atoms with Crippen LogP contribution in [0.4, 0.5) is 5.69 Å². The van der Waals surface area contributed by atoms with Crippen LogP contribution < -0.4 is 5.32 Å². The molecule has 4 heteroatoms. The van der Waals surface area contributed by atoms with E-state index in [1.165, 1.54) is 0 Å². The zero-order valence-corrected chi connectivity index (χ0v) is 16.7. The summed E-state index contributed by atoms with van der Waals surface area (Å²) in [7, 11) is 0. The van der Waals surface area contributed by atoms with Gasteiger partial charge in [-0.3, -0.25) is 0 Å². The van der Waals surface area contributed by atoms with Gasteiger partial charge >= 0.3 is 0 Å². The summed E-state index contributed by atoms with van der Waals surface area (Å²) in [6, 6.07) is 29.4. The van der Waals surface area contributed by atoms with Gasteiger partial charge in [0.05, 0.1) is 6.07 Å². The number of nitriles is 1. The third kappa shape index (κ3) is 3.35. The predicted molar refractivity (Wildman–Crippen MR) is 115 cm³/mol. The summed E-state index contributed by atoms with van der Waals surface area (Å²) in [5, 5.41) is 25.2. The van der Waals surface area contributed by atoms with Gasteiger partial charge in [0.1, 0.15) is 11.1 Å². The highest BCUT2D eigenvalue weighted by Crippen LogP contribution is 2.49. The quantitative estimate of drug-likeness (QED) is 0.574. The van der Waals surface area contributed by atoms with Gasteiger partial charge in [-0.15, -0.1) is 0 Å². The van der Waals surface area contributed by atoms with Crippen LogP contribution in [0, 0.1) is 11.3 Å². The van der Waals surface area contributed by atoms with Gasteiger partial charge in [-0.1, -0.05) is 76.6 Å². The van der Waals surface area contributed by atoms with Gasteiger partial charge in [0, 0.05) is 16.6 Å². The lowest BCUT2D eigenvalue weighted by Gasteiger charge is -2.30. The van der Waals surface area contributed by atoms with Crippen molar-refractivity contribution in [1.82, 2.24) is 0 Å². The molecule has 0 bridgehead atoms. The lowest BCUT2D eigenvalue weighted by Crippen LogP contribution is -2.37. The molecule has 3 nitrogen and oxygen atoms in total. The van der Waals surface area contributed by atoms with E-state index in [2.05, 4.69) is 27.3 Å². The van der Waals surface area contributed by atoms with Gasteiger partial charge < -0.3 is 10.4 Å². The van der Waals surface area contributed by atoms with Crippen molar-refractivity contribution >= 4 is 27.2 Å². The molecule has 1 aliphatic rings. The Hall–Kier alpha value is -2.87. The molecule has 0 amide bonds. The van der Waals surface area contributed by atoms with E-state index in [1.807, 2.05) is 91.0 Å². The molecule has 0 aromatic heterocycles. The Morgan fingerprint density at radius 2 is 1.50 bits per heavy atom. The van der Waals surface area contributed by atoms with E-state index in [4.69, 9.17) is 0 Å². The van der Waals surface area contributed by atoms with Crippen LogP contribution in [0.15, 0.2) is 95.5 Å². The number of benzene rings is 3. The van der Waals surface area contributed by atoms with Crippen molar-refractivity contribution in [3.63, 3.8) is 0 Å². The van der Waals surface area contributed by atoms with Crippen LogP contribution in [0.25, 0.3) is 5.57 Å². The van der Waals surface area contributed by atoms with Crippen LogP contribution in [-0.4, -0.2) is 10.6 Å². The zero-order chi connectivity index (χ0) is 19.6. The van der Waals surface area contributed by atoms with Gasteiger partial charge in [0.15, 0.2) is 0 Å². The smallest absolute Gasteiger partial charge is 0.148 e. The van der Waals surface area contributed by atoms with Gasteiger partial charge in [0.25, 0.3) is 0 Å². The molecule has 1 aliphatic carbocycles. The number of hydrogen-bond acceptors (Lipinski definition) is 3. The topological polar surface area (TPSA) is 56.0 Å². The van der Waals surface area contributed by atoms with Crippen molar-refractivity contribution in [3.05, 3.63) is 107 Å². The molecule has 4 rings (SSSR count). The van der Waals surface area contributed by atoms with Crippen molar-refractivity contribution < 1.29 is 5.11 Å². The Balaban J connectivity index is 1.82. The Morgan fingerprint density at radius 1 is 0.893 bits per heavy atom. The summed E-state index contributed by atoms with van der Waals surface area (Å²) in [5.74, 6) is 0. The number of rotatable bonds is 4. The molecule has 138 valence electrons. The highest BCUT2D eigenvalue weighted by molar-refractivity contribution is 9.10. The maximum absolute atomic E-state index is 11.8. The van der Waals surface area contributed by atoms with Crippen molar-refractivity contribution in [2.24, 2.45) is 0 Å². The van der Waals surface area contributed by atoms with Crippen molar-refractivity contribution in [1.29, 1.82) is 5.26 Å². The Bertz CT molecular complexity index is 1040. The first kappa shape index (κ1) is 18.5. The van der Waals surface area contributed by atoms with Crippen molar-refractivity contribution in [2.45, 2.75) is 17.6 Å². The SMILES string of the molecule is N#C[C@]1(Nc2ccc(Br)cc2)C=C(c2ccccc2)[C@](O)(c2ccccc2)C1. The van der Waals surface area contributed by atoms with Gasteiger partial charge in [-0.05, 0) is 47.0 Å². The first-order valence-electron chi connectivity index (χ1n) is 9.06. The van der Waals surface area contributed by atoms with Gasteiger partial charge in [-0.2, -0.15) is 5.26 Å². The number of nitrogens with one attached hydrogen (secondary N) is 1. The van der Waals surface area contributed by atoms with Crippen LogP contribution in [0.5, 0.6) is 0 Å². The largest absolute Gasteiger partial charge is 0.380 e. The normalized spacial score (nSPS) is 23.7. The fourth-order valence-electron chi connectivity index (χ4n) is 3.80. The average molecular weight is 431 g/mol. The molecule has 0 heterocycles. The summed E-state index contributed by atoms with van der Waals surface area (Å²) in [5.41, 5.74) is 0.962. The average Bonchev–Trinajstić information content (AvgIpc) is 3.05. The first-order chi connectivity index (χ1) is 13.5. The van der Waals surface area contributed by atoms with Crippen LogP contribution in [0.3, 0.4) is 0 Å². The number of halogens is 1. The van der Waals surface area contributed by atoms with Crippen molar-refractivity contribution in [2.75, 3.05) is 5.32 Å². The molecule has 3 aromatic carbocycles. The first-order valence-corrected chi connectivity index (χ1v) is 9.86. The Labute approximate surface area is 173 Å². The fraction of sp³-hybridized carbons (Fsp3) is 0.125. The summed E-state index contributed by atoms with van der Waals surface area (Å²) in [6.45, 7) is 0. The van der Waals surface area contributed by atoms with Crippen molar-refractivity contribution in [3.8, 4) is 6.07 Å². The molecule has 2 N–H and O–H groups in total. The molecule has 0 radical (unpaired) electrons. The van der Waals surface area contributed by atoms with Crippen LogP contribution in [0.2, 0.25) is 0 Å². The van der Waals surface area contributed by atoms with Crippen LogP contribution in [-0.2, 0) is 5.60 Å². The number of anilines is 1. The van der Waals surface area contributed by atoms with E-state index in [0.717, 1.165) is 26.9 Å². The molecule has 0 aliphatic heterocycles. The Kier molecular flexibility index (Phi) is 4.80. The molecular formula is C24H19BrN2O. The minimum atomic E-state index is -1.26. The van der Waals surface area contributed by atoms with E-state index >= 15 is 0 Å². The lowest BCUT2D eigenvalue weighted by atomic mass is 9.82. The zero-order valence-electron chi connectivity index (χ0n) is 15.1. The highest BCUT2D eigenvalue weighted by Gasteiger charge is 2.50. The summed E-state index contributed by atoms with van der Waals surface area (Å²) in [4.78, 5) is 0. The molecule has 3 aromatic rings. The van der Waals surface area contributed by atoms with E-state index in [0.29, 0.717) is 0 Å². The third-order valence-corrected chi connectivity index (χ3v) is 5.65. The lowest BCUT2D eigenvalue weighted by molar-refractivity contribution is 0.0919. The van der Waals surface area contributed by atoms with Gasteiger partial charge in [-0.25, -0.2) is 0 Å². The highest BCUT2D eigenvalue weighted by atomic mass is 79.9. The molecule has 0 saturated heterocycles. The van der Waals surface area contributed by atoms with E-state index < -0.39 is 11.1 Å². The Morgan fingerprint density at radius 3 is 2.11 bits per heavy atom. The maximum atomic E-state index is 11.8. The second-order valence-corrected chi connectivity index (χ2v) is 7.96. The molecule has 0 spiro atoms. The summed E-state index contributed by atoms with van der Waals surface area (Å²) in [6.07, 6.45) is 2.10. The number of nitrogens with zero attached hydrogens (tertiary/aromatic N) is 1. The van der Waals surface area contributed by atoms with E-state index in [1.54, 1.807) is 0 Å². The molecule has 2 atom stereocenters. The van der Waals surface area contributed by atoms with Crippen LogP contribution >= 0.6 is 15.9 Å². The predicted octanol–water partition coefficient (Wildman–Crippen LogP) is 5.50. The number of aliphatic hydroxyl groups is 1. The monoisotopic (exact) mass is 430 g/mol. The van der Waals surface area contributed by atoms with Gasteiger partial charge in [0.2, 0.25) is 0 Å². The van der Waals surface area contributed by atoms with E-state index in [-0.39, 0.29) is 6.42 Å². The molecule has 0 saturated carbocycles. The molecular weight excluding hydrogens is 412 g/mol. The summed E-state index contributed by atoms with van der Waals surface area (Å²) < 4.78 is 0.969. The summed E-state index contributed by atoms with van der Waals surface area (Å²) >= 11 is 3.43. The van der Waals surface area contributed by atoms with E-state index in [9.17, 15) is 10.4 Å². The third-order valence-electron chi connectivity index (χ3n) is 5.12. The molecule has 0 unspecified atom stereocenters. The minimum Gasteiger partial charge on any atom is -0.380 e. The minimum absolute atomic E-state index is 0.223. The number of hydrogen-bond donors (Lipinski definition) is 2. The standard InChI is InChI=1S/C24H19BrN2O/c25-20-11-13-21(14-12-20)27-23(17-26)15-22(18-7-3-1-4-8-18)24(28,16-23)19-9-5-2-6-10-19/h1-15,27-28H,16H2/t23-,24+/m0/s1. The maximum Gasteiger partial charge on any atom is 0.148 e. The molecule has 0 fully saturated rings. The second kappa shape index (κ2) is 7.27. The van der Waals surface area contributed by atoms with Crippen LogP contribution in [0.1, 0.15) is 17.5 Å². The second-order valence-electron chi connectivity index (χ2n) is 7.04. The fourth-order valence-corrected chi connectivity index (χ4v) is 4.06. The molecule has 28 heavy (non-hydrogen) atoms.